The molecule has 1 amide bonds. The number of methoxy groups -OCH3 is 1. The maximum absolute atomic E-state index is 13.7. The molecule has 0 saturated carbocycles. The maximum Gasteiger partial charge on any atom is 0.323 e. The van der Waals surface area contributed by atoms with Gasteiger partial charge in [0.2, 0.25) is 0 Å². The van der Waals surface area contributed by atoms with Crippen molar-refractivity contribution in [1.29, 1.82) is 0 Å². The summed E-state index contributed by atoms with van der Waals surface area (Å²) < 4.78 is 10.7. The zero-order valence-corrected chi connectivity index (χ0v) is 21.1. The Morgan fingerprint density at radius 1 is 1.11 bits per heavy atom. The van der Waals surface area contributed by atoms with E-state index >= 15 is 0 Å². The molecule has 2 aliphatic rings. The highest BCUT2D eigenvalue weighted by molar-refractivity contribution is 6.04. The minimum absolute atomic E-state index is 0.117. The second-order valence-electron chi connectivity index (χ2n) is 9.33. The fourth-order valence-electron chi connectivity index (χ4n) is 5.08. The normalized spacial score (nSPS) is 20.5. The molecular formula is C28H35N3O4. The average Bonchev–Trinajstić information content (AvgIpc) is 3.30. The van der Waals surface area contributed by atoms with Crippen LogP contribution >= 0.6 is 0 Å². The highest BCUT2D eigenvalue weighted by atomic mass is 16.5. The van der Waals surface area contributed by atoms with Crippen LogP contribution in [0.15, 0.2) is 47.6 Å². The highest BCUT2D eigenvalue weighted by Crippen LogP contribution is 2.35. The summed E-state index contributed by atoms with van der Waals surface area (Å²) in [5, 5.41) is 6.46. The predicted molar refractivity (Wildman–Crippen MR) is 135 cm³/mol. The van der Waals surface area contributed by atoms with Gasteiger partial charge in [-0.25, -0.2) is 5.01 Å². The van der Waals surface area contributed by atoms with Crippen molar-refractivity contribution < 1.29 is 19.1 Å². The largest absolute Gasteiger partial charge is 0.497 e. The Morgan fingerprint density at radius 2 is 1.94 bits per heavy atom. The first-order valence-electron chi connectivity index (χ1n) is 12.4. The van der Waals surface area contributed by atoms with Crippen LogP contribution in [0.2, 0.25) is 0 Å². The molecule has 0 radical (unpaired) electrons. The minimum Gasteiger partial charge on any atom is -0.497 e. The SMILES string of the molecule is CCOC(=O)[C@@H]1CCCCN1CC(=O)N1N=C(c2ccc(C)cc2C)C[C@H]1c1cccc(OC)c1. The molecule has 2 aromatic rings. The van der Waals surface area contributed by atoms with Gasteiger partial charge in [0.05, 0.1) is 32.0 Å². The molecule has 0 aliphatic carbocycles. The number of hydrogen-bond donors (Lipinski definition) is 0. The molecule has 2 heterocycles. The first kappa shape index (κ1) is 24.9. The van der Waals surface area contributed by atoms with Gasteiger partial charge < -0.3 is 9.47 Å². The monoisotopic (exact) mass is 477 g/mol. The zero-order valence-electron chi connectivity index (χ0n) is 21.1. The molecule has 35 heavy (non-hydrogen) atoms. The molecule has 0 unspecified atom stereocenters. The van der Waals surface area contributed by atoms with Crippen LogP contribution in [0.5, 0.6) is 5.75 Å². The van der Waals surface area contributed by atoms with Gasteiger partial charge in [-0.05, 0) is 63.4 Å². The second-order valence-corrected chi connectivity index (χ2v) is 9.33. The summed E-state index contributed by atoms with van der Waals surface area (Å²) in [5.41, 5.74) is 5.25. The van der Waals surface area contributed by atoms with E-state index in [-0.39, 0.29) is 30.5 Å². The van der Waals surface area contributed by atoms with Crippen LogP contribution in [0.25, 0.3) is 0 Å². The second kappa shape index (κ2) is 11.0. The van der Waals surface area contributed by atoms with E-state index in [1.807, 2.05) is 36.1 Å². The number of esters is 1. The molecule has 2 aromatic carbocycles. The number of likely N-dealkylation sites (tertiary alicyclic amines) is 1. The van der Waals surface area contributed by atoms with Gasteiger partial charge in [-0.3, -0.25) is 14.5 Å². The Hall–Kier alpha value is -3.19. The Balaban J connectivity index is 1.63. The van der Waals surface area contributed by atoms with Gasteiger partial charge in [0.25, 0.3) is 5.91 Å². The van der Waals surface area contributed by atoms with E-state index < -0.39 is 0 Å². The molecule has 7 heteroatoms. The fourth-order valence-corrected chi connectivity index (χ4v) is 5.08. The number of hydrogen-bond acceptors (Lipinski definition) is 6. The molecule has 0 bridgehead atoms. The van der Waals surface area contributed by atoms with Gasteiger partial charge in [-0.2, -0.15) is 5.10 Å². The summed E-state index contributed by atoms with van der Waals surface area (Å²) >= 11 is 0. The van der Waals surface area contributed by atoms with Crippen molar-refractivity contribution in [1.82, 2.24) is 9.91 Å². The molecule has 1 saturated heterocycles. The first-order chi connectivity index (χ1) is 16.9. The summed E-state index contributed by atoms with van der Waals surface area (Å²) in [6.07, 6.45) is 3.24. The molecule has 1 fully saturated rings. The molecule has 0 spiro atoms. The first-order valence-corrected chi connectivity index (χ1v) is 12.4. The third-order valence-corrected chi connectivity index (χ3v) is 6.85. The molecule has 186 valence electrons. The van der Waals surface area contributed by atoms with Crippen LogP contribution in [0, 0.1) is 13.8 Å². The quantitative estimate of drug-likeness (QED) is 0.553. The number of aryl methyl sites for hydroxylation is 2. The van der Waals surface area contributed by atoms with Crippen molar-refractivity contribution >= 4 is 17.6 Å². The standard InChI is InChI=1S/C28H35N3O4/c1-5-35-28(33)25-11-6-7-14-30(25)18-27(32)31-26(21-9-8-10-22(16-21)34-4)17-24(29-31)23-13-12-19(2)15-20(23)3/h8-10,12-13,15-16,25-26H,5-7,11,14,17-18H2,1-4H3/t25-,26-/m0/s1. The van der Waals surface area contributed by atoms with E-state index in [0.717, 1.165) is 41.0 Å². The van der Waals surface area contributed by atoms with Crippen molar-refractivity contribution in [2.75, 3.05) is 26.8 Å². The lowest BCUT2D eigenvalue weighted by Crippen LogP contribution is -2.49. The third-order valence-electron chi connectivity index (χ3n) is 6.85. The van der Waals surface area contributed by atoms with E-state index in [9.17, 15) is 9.59 Å². The van der Waals surface area contributed by atoms with Crippen LogP contribution in [-0.4, -0.2) is 60.3 Å². The van der Waals surface area contributed by atoms with Crippen molar-refractivity contribution in [3.8, 4) is 5.75 Å². The Bertz CT molecular complexity index is 1110. The smallest absolute Gasteiger partial charge is 0.323 e. The number of rotatable bonds is 7. The lowest BCUT2D eigenvalue weighted by Gasteiger charge is -2.34. The lowest BCUT2D eigenvalue weighted by molar-refractivity contribution is -0.152. The Labute approximate surface area is 207 Å². The number of carbonyl (C=O) groups is 2. The fraction of sp³-hybridized carbons (Fsp3) is 0.464. The summed E-state index contributed by atoms with van der Waals surface area (Å²) in [6, 6.07) is 13.5. The predicted octanol–water partition coefficient (Wildman–Crippen LogP) is 4.41. The minimum atomic E-state index is -0.381. The van der Waals surface area contributed by atoms with Crippen molar-refractivity contribution in [3.05, 3.63) is 64.7 Å². The van der Waals surface area contributed by atoms with Gasteiger partial charge in [-0.1, -0.05) is 42.3 Å². The van der Waals surface area contributed by atoms with E-state index in [1.165, 1.54) is 5.56 Å². The maximum atomic E-state index is 13.7. The highest BCUT2D eigenvalue weighted by Gasteiger charge is 2.37. The average molecular weight is 478 g/mol. The topological polar surface area (TPSA) is 71.4 Å². The summed E-state index contributed by atoms with van der Waals surface area (Å²) in [4.78, 5) is 28.2. The van der Waals surface area contributed by atoms with Crippen molar-refractivity contribution in [3.63, 3.8) is 0 Å². The lowest BCUT2D eigenvalue weighted by atomic mass is 9.95. The number of carbonyl (C=O) groups excluding carboxylic acids is 2. The van der Waals surface area contributed by atoms with Crippen molar-refractivity contribution in [2.24, 2.45) is 5.10 Å². The van der Waals surface area contributed by atoms with Crippen LogP contribution in [0.4, 0.5) is 0 Å². The van der Waals surface area contributed by atoms with Crippen LogP contribution in [0.3, 0.4) is 0 Å². The number of nitrogens with zero attached hydrogens (tertiary/aromatic N) is 3. The van der Waals surface area contributed by atoms with Crippen LogP contribution in [-0.2, 0) is 14.3 Å². The number of amides is 1. The number of piperidine rings is 1. The molecule has 4 rings (SSSR count). The molecule has 0 N–H and O–H groups in total. The van der Waals surface area contributed by atoms with Gasteiger partial charge in [0, 0.05) is 12.0 Å². The number of benzene rings is 2. The Kier molecular flexibility index (Phi) is 7.86. The number of hydrazone groups is 1. The van der Waals surface area contributed by atoms with E-state index in [0.29, 0.717) is 26.0 Å². The Morgan fingerprint density at radius 3 is 2.69 bits per heavy atom. The van der Waals surface area contributed by atoms with Crippen molar-refractivity contribution in [2.45, 2.75) is 58.5 Å². The van der Waals surface area contributed by atoms with E-state index in [4.69, 9.17) is 14.6 Å². The van der Waals surface area contributed by atoms with Gasteiger partial charge >= 0.3 is 5.97 Å². The summed E-state index contributed by atoms with van der Waals surface area (Å²) in [7, 11) is 1.64. The summed E-state index contributed by atoms with van der Waals surface area (Å²) in [6.45, 7) is 7.12. The molecule has 7 nitrogen and oxygen atoms in total. The molecule has 2 atom stereocenters. The van der Waals surface area contributed by atoms with Gasteiger partial charge in [-0.15, -0.1) is 0 Å². The zero-order chi connectivity index (χ0) is 24.9. The van der Waals surface area contributed by atoms with E-state index in [2.05, 4.69) is 32.0 Å². The molecular weight excluding hydrogens is 442 g/mol. The molecule has 0 aromatic heterocycles. The summed E-state index contributed by atoms with van der Waals surface area (Å²) in [5.74, 6) is 0.382. The van der Waals surface area contributed by atoms with E-state index in [1.54, 1.807) is 12.1 Å². The number of ether oxygens (including phenoxy) is 2. The van der Waals surface area contributed by atoms with Gasteiger partial charge in [0.1, 0.15) is 11.8 Å². The van der Waals surface area contributed by atoms with Crippen LogP contribution in [0.1, 0.15) is 60.9 Å². The third kappa shape index (κ3) is 5.56. The van der Waals surface area contributed by atoms with Gasteiger partial charge in [0.15, 0.2) is 0 Å². The van der Waals surface area contributed by atoms with Crippen LogP contribution < -0.4 is 4.74 Å². The molecule has 2 aliphatic heterocycles.